The predicted molar refractivity (Wildman–Crippen MR) is 75.0 cm³/mol. The van der Waals surface area contributed by atoms with Crippen molar-refractivity contribution >= 4 is 12.2 Å². The van der Waals surface area contributed by atoms with E-state index in [1.54, 1.807) is 24.5 Å². The number of allylic oxidation sites excluding steroid dienone is 2. The van der Waals surface area contributed by atoms with Gasteiger partial charge in [-0.15, -0.1) is 0 Å². The number of benzene rings is 1. The number of phenolic OH excluding ortho intramolecular Hbond substituents is 1. The van der Waals surface area contributed by atoms with Crippen LogP contribution in [0.1, 0.15) is 18.1 Å². The van der Waals surface area contributed by atoms with E-state index in [9.17, 15) is 5.11 Å². The Bertz CT molecular complexity index is 553. The molecule has 0 radical (unpaired) electrons. The molecule has 1 aromatic carbocycles. The van der Waals surface area contributed by atoms with Crippen LogP contribution in [0.5, 0.6) is 5.75 Å². The lowest BCUT2D eigenvalue weighted by Crippen LogP contribution is -1.75. The van der Waals surface area contributed by atoms with E-state index in [0.29, 0.717) is 0 Å². The topological polar surface area (TPSA) is 33.1 Å². The van der Waals surface area contributed by atoms with Crippen molar-refractivity contribution in [2.24, 2.45) is 0 Å². The summed E-state index contributed by atoms with van der Waals surface area (Å²) in [7, 11) is 0. The fraction of sp³-hybridized carbons (Fsp3) is 0.0625. The van der Waals surface area contributed by atoms with Crippen LogP contribution in [0.4, 0.5) is 0 Å². The summed E-state index contributed by atoms with van der Waals surface area (Å²) in [6.45, 7) is 2.05. The molecule has 90 valence electrons. The van der Waals surface area contributed by atoms with Crippen molar-refractivity contribution in [3.63, 3.8) is 0 Å². The Morgan fingerprint density at radius 3 is 2.33 bits per heavy atom. The second-order valence-corrected chi connectivity index (χ2v) is 4.09. The highest BCUT2D eigenvalue weighted by atomic mass is 16.3. The van der Waals surface area contributed by atoms with Crippen LogP contribution in [-0.4, -0.2) is 10.1 Å². The van der Waals surface area contributed by atoms with E-state index in [1.165, 1.54) is 0 Å². The molecule has 2 rings (SSSR count). The van der Waals surface area contributed by atoms with Gasteiger partial charge in [0.1, 0.15) is 5.75 Å². The monoisotopic (exact) mass is 237 g/mol. The van der Waals surface area contributed by atoms with E-state index in [2.05, 4.69) is 17.1 Å². The molecule has 18 heavy (non-hydrogen) atoms. The second kappa shape index (κ2) is 5.82. The Balaban J connectivity index is 2.10. The molecule has 0 saturated carbocycles. The number of nitrogens with zero attached hydrogens (tertiary/aromatic N) is 1. The van der Waals surface area contributed by atoms with Crippen molar-refractivity contribution in [1.82, 2.24) is 4.98 Å². The molecule has 0 bridgehead atoms. The third-order valence-corrected chi connectivity index (χ3v) is 2.53. The maximum atomic E-state index is 9.20. The fourth-order valence-corrected chi connectivity index (χ4v) is 1.58. The fourth-order valence-electron chi connectivity index (χ4n) is 1.58. The Morgan fingerprint density at radius 2 is 1.67 bits per heavy atom. The molecule has 0 amide bonds. The highest BCUT2D eigenvalue weighted by Crippen LogP contribution is 2.13. The molecule has 0 atom stereocenters. The van der Waals surface area contributed by atoms with E-state index in [4.69, 9.17) is 0 Å². The highest BCUT2D eigenvalue weighted by molar-refractivity contribution is 5.60. The van der Waals surface area contributed by atoms with Gasteiger partial charge in [-0.1, -0.05) is 35.9 Å². The van der Waals surface area contributed by atoms with E-state index >= 15 is 0 Å². The molecule has 2 nitrogen and oxygen atoms in total. The van der Waals surface area contributed by atoms with Crippen molar-refractivity contribution < 1.29 is 5.11 Å². The summed E-state index contributed by atoms with van der Waals surface area (Å²) in [6, 6.07) is 11.1. The average molecular weight is 237 g/mol. The number of aromatic nitrogens is 1. The van der Waals surface area contributed by atoms with Crippen LogP contribution in [-0.2, 0) is 0 Å². The molecule has 0 aliphatic carbocycles. The normalized spacial score (nSPS) is 11.9. The van der Waals surface area contributed by atoms with Crippen LogP contribution in [0, 0.1) is 0 Å². The van der Waals surface area contributed by atoms with Crippen molar-refractivity contribution in [1.29, 1.82) is 0 Å². The molecule has 1 aromatic heterocycles. The Hall–Kier alpha value is -2.35. The van der Waals surface area contributed by atoms with Crippen LogP contribution in [0.15, 0.2) is 60.4 Å². The van der Waals surface area contributed by atoms with Gasteiger partial charge in [0.25, 0.3) is 0 Å². The van der Waals surface area contributed by atoms with Gasteiger partial charge in [-0.2, -0.15) is 0 Å². The molecule has 0 aliphatic heterocycles. The number of rotatable bonds is 3. The van der Waals surface area contributed by atoms with Crippen LogP contribution in [0.25, 0.3) is 12.2 Å². The molecule has 0 fully saturated rings. The van der Waals surface area contributed by atoms with Crippen LogP contribution in [0.3, 0.4) is 0 Å². The van der Waals surface area contributed by atoms with Crippen molar-refractivity contribution in [3.05, 3.63) is 71.6 Å². The summed E-state index contributed by atoms with van der Waals surface area (Å²) >= 11 is 0. The Labute approximate surface area is 107 Å². The summed E-state index contributed by atoms with van der Waals surface area (Å²) in [4.78, 5) is 3.98. The minimum absolute atomic E-state index is 0.289. The van der Waals surface area contributed by atoms with Gasteiger partial charge < -0.3 is 5.11 Å². The second-order valence-electron chi connectivity index (χ2n) is 4.09. The molecule has 2 heteroatoms. The molecule has 1 N–H and O–H groups in total. The van der Waals surface area contributed by atoms with Crippen LogP contribution >= 0.6 is 0 Å². The zero-order valence-electron chi connectivity index (χ0n) is 10.2. The Morgan fingerprint density at radius 1 is 1.00 bits per heavy atom. The first kappa shape index (κ1) is 12.1. The number of pyridine rings is 1. The number of hydrogen-bond acceptors (Lipinski definition) is 2. The maximum absolute atomic E-state index is 9.20. The van der Waals surface area contributed by atoms with Crippen molar-refractivity contribution in [3.8, 4) is 5.75 Å². The maximum Gasteiger partial charge on any atom is 0.115 e. The summed E-state index contributed by atoms with van der Waals surface area (Å²) in [6.07, 6.45) is 9.73. The zero-order valence-corrected chi connectivity index (χ0v) is 10.2. The van der Waals surface area contributed by atoms with Gasteiger partial charge in [0, 0.05) is 12.4 Å². The van der Waals surface area contributed by atoms with Crippen LogP contribution in [0.2, 0.25) is 0 Å². The lowest BCUT2D eigenvalue weighted by Gasteiger charge is -1.97. The number of phenols is 1. The van der Waals surface area contributed by atoms with Gasteiger partial charge in [0.05, 0.1) is 0 Å². The largest absolute Gasteiger partial charge is 0.508 e. The third-order valence-electron chi connectivity index (χ3n) is 2.53. The van der Waals surface area contributed by atoms with E-state index in [1.807, 2.05) is 37.3 Å². The molecule has 0 unspecified atom stereocenters. The summed E-state index contributed by atoms with van der Waals surface area (Å²) in [5.41, 5.74) is 3.35. The molecule has 0 saturated heterocycles. The first-order valence-electron chi connectivity index (χ1n) is 5.79. The minimum atomic E-state index is 0.289. The van der Waals surface area contributed by atoms with Gasteiger partial charge in [0.15, 0.2) is 0 Å². The predicted octanol–water partition coefficient (Wildman–Crippen LogP) is 3.90. The first-order chi connectivity index (χ1) is 8.74. The zero-order chi connectivity index (χ0) is 12.8. The summed E-state index contributed by atoms with van der Waals surface area (Å²) in [5, 5.41) is 9.20. The van der Waals surface area contributed by atoms with Gasteiger partial charge in [0.2, 0.25) is 0 Å². The molecule has 0 aliphatic rings. The van der Waals surface area contributed by atoms with Crippen LogP contribution < -0.4 is 0 Å². The van der Waals surface area contributed by atoms with E-state index in [-0.39, 0.29) is 5.75 Å². The summed E-state index contributed by atoms with van der Waals surface area (Å²) in [5.74, 6) is 0.289. The lowest BCUT2D eigenvalue weighted by atomic mass is 10.1. The molecule has 2 aromatic rings. The van der Waals surface area contributed by atoms with Gasteiger partial charge >= 0.3 is 0 Å². The average Bonchev–Trinajstić information content (AvgIpc) is 2.40. The van der Waals surface area contributed by atoms with Crippen molar-refractivity contribution in [2.75, 3.05) is 0 Å². The minimum Gasteiger partial charge on any atom is -0.508 e. The van der Waals surface area contributed by atoms with E-state index in [0.717, 1.165) is 16.7 Å². The highest BCUT2D eigenvalue weighted by Gasteiger charge is 1.90. The number of aromatic hydroxyl groups is 1. The SMILES string of the molecule is CC(/C=C/c1ccncc1)=C\c1ccc(O)cc1. The standard InChI is InChI=1S/C16H15NO/c1-13(2-3-14-8-10-17-11-9-14)12-15-4-6-16(18)7-5-15/h2-12,18H,1H3/b3-2+,13-12+. The molecule has 1 heterocycles. The first-order valence-corrected chi connectivity index (χ1v) is 5.79. The molecule has 0 spiro atoms. The van der Waals surface area contributed by atoms with Gasteiger partial charge in [-0.05, 0) is 42.3 Å². The third kappa shape index (κ3) is 3.59. The smallest absolute Gasteiger partial charge is 0.115 e. The summed E-state index contributed by atoms with van der Waals surface area (Å²) < 4.78 is 0. The lowest BCUT2D eigenvalue weighted by molar-refractivity contribution is 0.475. The Kier molecular flexibility index (Phi) is 3.92. The van der Waals surface area contributed by atoms with Crippen molar-refractivity contribution in [2.45, 2.75) is 6.92 Å². The molecular formula is C16H15NO. The van der Waals surface area contributed by atoms with Gasteiger partial charge in [-0.3, -0.25) is 4.98 Å². The number of hydrogen-bond donors (Lipinski definition) is 1. The quantitative estimate of drug-likeness (QED) is 0.821. The molecular weight excluding hydrogens is 222 g/mol. The van der Waals surface area contributed by atoms with Gasteiger partial charge in [-0.25, -0.2) is 0 Å². The van der Waals surface area contributed by atoms with E-state index < -0.39 is 0 Å².